The fourth-order valence-corrected chi connectivity index (χ4v) is 4.71. The Morgan fingerprint density at radius 2 is 1.86 bits per heavy atom. The molecule has 0 saturated heterocycles. The van der Waals surface area contributed by atoms with Crippen LogP contribution in [0.4, 0.5) is 0 Å². The van der Waals surface area contributed by atoms with E-state index in [-0.39, 0.29) is 18.1 Å². The number of nitrogens with zero attached hydrogens (tertiary/aromatic N) is 5. The van der Waals surface area contributed by atoms with Crippen LogP contribution in [0.2, 0.25) is 0 Å². The molecule has 2 aromatic carbocycles. The Bertz CT molecular complexity index is 1410. The molecule has 0 spiro atoms. The highest BCUT2D eigenvalue weighted by molar-refractivity contribution is 5.85. The molecule has 1 atom stereocenters. The Hall–Kier alpha value is -3.85. The van der Waals surface area contributed by atoms with Crippen molar-refractivity contribution >= 4 is 16.9 Å². The van der Waals surface area contributed by atoms with Crippen LogP contribution in [-0.2, 0) is 29.0 Å². The maximum atomic E-state index is 13.2. The summed E-state index contributed by atoms with van der Waals surface area (Å²) in [7, 11) is 0. The van der Waals surface area contributed by atoms with Crippen LogP contribution >= 0.6 is 0 Å². The van der Waals surface area contributed by atoms with Crippen molar-refractivity contribution in [3.05, 3.63) is 87.0 Å². The van der Waals surface area contributed by atoms with E-state index in [9.17, 15) is 9.59 Å². The number of benzene rings is 2. The van der Waals surface area contributed by atoms with Gasteiger partial charge in [-0.1, -0.05) is 49.4 Å². The highest BCUT2D eigenvalue weighted by atomic mass is 16.5. The first-order valence-corrected chi connectivity index (χ1v) is 12.7. The molecule has 0 aliphatic heterocycles. The number of nitrogens with one attached hydrogen (secondary N) is 1. The monoisotopic (exact) mass is 502 g/mol. The Morgan fingerprint density at radius 1 is 1.11 bits per heavy atom. The topological polar surface area (TPSA) is 106 Å². The third kappa shape index (κ3) is 6.11. The number of rotatable bonds is 11. The van der Waals surface area contributed by atoms with Crippen molar-refractivity contribution in [2.45, 2.75) is 59.7 Å². The lowest BCUT2D eigenvalue weighted by Crippen LogP contribution is -2.34. The van der Waals surface area contributed by atoms with Gasteiger partial charge in [-0.2, -0.15) is 0 Å². The van der Waals surface area contributed by atoms with Gasteiger partial charge in [-0.25, -0.2) is 4.68 Å². The zero-order valence-corrected chi connectivity index (χ0v) is 21.9. The lowest BCUT2D eigenvalue weighted by Gasteiger charge is -2.30. The van der Waals surface area contributed by atoms with Gasteiger partial charge in [0.25, 0.3) is 5.56 Å². The van der Waals surface area contributed by atoms with E-state index in [1.54, 1.807) is 6.92 Å². The normalized spacial score (nSPS) is 12.2. The molecule has 0 fully saturated rings. The van der Waals surface area contributed by atoms with Gasteiger partial charge in [-0.05, 0) is 66.8 Å². The summed E-state index contributed by atoms with van der Waals surface area (Å²) in [6, 6.07) is 16.1. The van der Waals surface area contributed by atoms with Gasteiger partial charge < -0.3 is 9.72 Å². The molecule has 0 radical (unpaired) electrons. The highest BCUT2D eigenvalue weighted by Crippen LogP contribution is 2.26. The number of esters is 1. The number of fused-ring (bicyclic) bond motifs is 1. The van der Waals surface area contributed by atoms with Gasteiger partial charge in [-0.15, -0.1) is 5.10 Å². The number of tetrazole rings is 1. The van der Waals surface area contributed by atoms with Crippen LogP contribution in [0.1, 0.15) is 54.4 Å². The third-order valence-corrected chi connectivity index (χ3v) is 6.69. The van der Waals surface area contributed by atoms with Crippen molar-refractivity contribution in [2.24, 2.45) is 0 Å². The number of aryl methyl sites for hydroxylation is 2. The predicted molar refractivity (Wildman–Crippen MR) is 142 cm³/mol. The first-order chi connectivity index (χ1) is 17.9. The SMILES string of the molecule is CCOC(=O)Cn1nnnc1[C@H](CC)N(CCc1ccccc1)Cc1cc2c(C)ccc(C)c2[nH]c1=O. The summed E-state index contributed by atoms with van der Waals surface area (Å²) in [6.45, 7) is 9.20. The summed E-state index contributed by atoms with van der Waals surface area (Å²) in [5.41, 5.74) is 4.79. The number of ether oxygens (including phenoxy) is 1. The molecule has 9 heteroatoms. The summed E-state index contributed by atoms with van der Waals surface area (Å²) in [5, 5.41) is 13.2. The fraction of sp³-hybridized carbons (Fsp3) is 0.393. The minimum atomic E-state index is -0.390. The van der Waals surface area contributed by atoms with E-state index in [1.165, 1.54) is 10.2 Å². The largest absolute Gasteiger partial charge is 0.465 e. The van der Waals surface area contributed by atoms with E-state index in [0.29, 0.717) is 37.5 Å². The quantitative estimate of drug-likeness (QED) is 0.310. The maximum Gasteiger partial charge on any atom is 0.327 e. The van der Waals surface area contributed by atoms with Gasteiger partial charge in [0.05, 0.1) is 18.2 Å². The summed E-state index contributed by atoms with van der Waals surface area (Å²) < 4.78 is 6.61. The highest BCUT2D eigenvalue weighted by Gasteiger charge is 2.26. The molecule has 4 rings (SSSR count). The van der Waals surface area contributed by atoms with Crippen LogP contribution in [0.25, 0.3) is 10.9 Å². The molecule has 0 bridgehead atoms. The molecule has 4 aromatic rings. The van der Waals surface area contributed by atoms with Gasteiger partial charge in [-0.3, -0.25) is 14.5 Å². The number of hydrogen-bond donors (Lipinski definition) is 1. The number of carbonyl (C=O) groups is 1. The van der Waals surface area contributed by atoms with Crippen molar-refractivity contribution in [3.8, 4) is 0 Å². The van der Waals surface area contributed by atoms with E-state index >= 15 is 0 Å². The molecular weight excluding hydrogens is 468 g/mol. The van der Waals surface area contributed by atoms with E-state index in [0.717, 1.165) is 28.5 Å². The number of pyridine rings is 1. The van der Waals surface area contributed by atoms with Crippen LogP contribution in [0.3, 0.4) is 0 Å². The molecule has 0 aliphatic rings. The van der Waals surface area contributed by atoms with E-state index < -0.39 is 5.97 Å². The maximum absolute atomic E-state index is 13.2. The molecule has 0 amide bonds. The van der Waals surface area contributed by atoms with Gasteiger partial charge in [0.2, 0.25) is 0 Å². The lowest BCUT2D eigenvalue weighted by molar-refractivity contribution is -0.144. The second-order valence-corrected chi connectivity index (χ2v) is 9.24. The number of carbonyl (C=O) groups excluding carboxylic acids is 1. The van der Waals surface area contributed by atoms with Crippen LogP contribution in [0.15, 0.2) is 53.3 Å². The molecule has 0 saturated carbocycles. The minimum Gasteiger partial charge on any atom is -0.465 e. The van der Waals surface area contributed by atoms with Gasteiger partial charge in [0.15, 0.2) is 5.82 Å². The Morgan fingerprint density at radius 3 is 2.59 bits per heavy atom. The molecule has 0 unspecified atom stereocenters. The summed E-state index contributed by atoms with van der Waals surface area (Å²) in [6.07, 6.45) is 1.49. The van der Waals surface area contributed by atoms with E-state index in [2.05, 4.69) is 57.5 Å². The molecule has 194 valence electrons. The lowest BCUT2D eigenvalue weighted by atomic mass is 10.0. The second-order valence-electron chi connectivity index (χ2n) is 9.24. The standard InChI is InChI=1S/C28H34N6O3/c1-5-24(27-30-31-32-34(27)18-25(35)37-6-2)33(15-14-21-10-8-7-9-11-21)17-22-16-23-19(3)12-13-20(4)26(23)29-28(22)36/h7-13,16,24H,5-6,14-15,17-18H2,1-4H3,(H,29,36)/t24-/m0/s1. The first kappa shape index (κ1) is 26.2. The summed E-state index contributed by atoms with van der Waals surface area (Å²) >= 11 is 0. The second kappa shape index (κ2) is 11.9. The first-order valence-electron chi connectivity index (χ1n) is 12.7. The molecule has 9 nitrogen and oxygen atoms in total. The summed E-state index contributed by atoms with van der Waals surface area (Å²) in [4.78, 5) is 30.7. The van der Waals surface area contributed by atoms with Crippen LogP contribution in [-0.4, -0.2) is 49.2 Å². The zero-order chi connectivity index (χ0) is 26.4. The molecular formula is C28H34N6O3. The number of hydrogen-bond acceptors (Lipinski definition) is 7. The average molecular weight is 503 g/mol. The average Bonchev–Trinajstić information content (AvgIpc) is 3.34. The van der Waals surface area contributed by atoms with Gasteiger partial charge >= 0.3 is 5.97 Å². The Balaban J connectivity index is 1.70. The van der Waals surface area contributed by atoms with Crippen molar-refractivity contribution in [3.63, 3.8) is 0 Å². The zero-order valence-electron chi connectivity index (χ0n) is 21.9. The summed E-state index contributed by atoms with van der Waals surface area (Å²) in [5.74, 6) is 0.186. The Kier molecular flexibility index (Phi) is 8.45. The van der Waals surface area contributed by atoms with Crippen molar-refractivity contribution in [1.82, 2.24) is 30.1 Å². The molecule has 2 heterocycles. The predicted octanol–water partition coefficient (Wildman–Crippen LogP) is 3.89. The molecule has 2 aromatic heterocycles. The third-order valence-electron chi connectivity index (χ3n) is 6.69. The fourth-order valence-electron chi connectivity index (χ4n) is 4.71. The number of aromatic amines is 1. The van der Waals surface area contributed by atoms with Crippen molar-refractivity contribution in [1.29, 1.82) is 0 Å². The van der Waals surface area contributed by atoms with Crippen LogP contribution in [0.5, 0.6) is 0 Å². The van der Waals surface area contributed by atoms with Crippen LogP contribution in [0, 0.1) is 13.8 Å². The van der Waals surface area contributed by atoms with E-state index in [4.69, 9.17) is 4.74 Å². The van der Waals surface area contributed by atoms with Crippen molar-refractivity contribution in [2.75, 3.05) is 13.2 Å². The van der Waals surface area contributed by atoms with Gasteiger partial charge in [0.1, 0.15) is 6.54 Å². The van der Waals surface area contributed by atoms with Crippen molar-refractivity contribution < 1.29 is 9.53 Å². The molecule has 37 heavy (non-hydrogen) atoms. The number of aromatic nitrogens is 5. The van der Waals surface area contributed by atoms with Crippen LogP contribution < -0.4 is 5.56 Å². The number of H-pyrrole nitrogens is 1. The molecule has 0 aliphatic carbocycles. The van der Waals surface area contributed by atoms with E-state index in [1.807, 2.05) is 37.3 Å². The Labute approximate surface area is 216 Å². The molecule has 1 N–H and O–H groups in total. The minimum absolute atomic E-state index is 0.0613. The van der Waals surface area contributed by atoms with Gasteiger partial charge in [0, 0.05) is 24.0 Å². The smallest absolute Gasteiger partial charge is 0.327 e.